The minimum atomic E-state index is 0.0334. The van der Waals surface area contributed by atoms with E-state index in [4.69, 9.17) is 4.98 Å². The summed E-state index contributed by atoms with van der Waals surface area (Å²) in [7, 11) is 0. The molecule has 0 amide bonds. The number of aliphatic hydroxyl groups excluding tert-OH is 1. The van der Waals surface area contributed by atoms with Crippen molar-refractivity contribution in [2.75, 3.05) is 5.32 Å². The van der Waals surface area contributed by atoms with Crippen molar-refractivity contribution in [1.82, 2.24) is 4.98 Å². The van der Waals surface area contributed by atoms with Crippen molar-refractivity contribution in [3.63, 3.8) is 0 Å². The van der Waals surface area contributed by atoms with Gasteiger partial charge in [0.05, 0.1) is 23.3 Å². The van der Waals surface area contributed by atoms with E-state index in [1.165, 1.54) is 11.1 Å². The van der Waals surface area contributed by atoms with Crippen LogP contribution in [0.1, 0.15) is 16.7 Å². The first kappa shape index (κ1) is 15.6. The van der Waals surface area contributed by atoms with Crippen LogP contribution in [0.3, 0.4) is 0 Å². The lowest BCUT2D eigenvalue weighted by atomic mass is 10.0. The fourth-order valence-electron chi connectivity index (χ4n) is 3.19. The van der Waals surface area contributed by atoms with Gasteiger partial charge in [-0.3, -0.25) is 0 Å². The summed E-state index contributed by atoms with van der Waals surface area (Å²) in [5.74, 6) is 0. The van der Waals surface area contributed by atoms with Crippen LogP contribution in [-0.2, 0) is 6.61 Å². The molecule has 0 bridgehead atoms. The predicted molar refractivity (Wildman–Crippen MR) is 104 cm³/mol. The molecular formula is C22H20N2O. The fourth-order valence-corrected chi connectivity index (χ4v) is 3.19. The van der Waals surface area contributed by atoms with E-state index in [1.807, 2.05) is 24.3 Å². The number of fused-ring (bicyclic) bond motifs is 2. The van der Waals surface area contributed by atoms with E-state index in [9.17, 15) is 5.11 Å². The smallest absolute Gasteiger partial charge is 0.0733 e. The van der Waals surface area contributed by atoms with Gasteiger partial charge in [-0.05, 0) is 55.3 Å². The third-order valence-corrected chi connectivity index (χ3v) is 4.46. The molecule has 4 aromatic rings. The van der Waals surface area contributed by atoms with E-state index >= 15 is 0 Å². The summed E-state index contributed by atoms with van der Waals surface area (Å²) in [4.78, 5) is 4.84. The van der Waals surface area contributed by atoms with Crippen LogP contribution in [-0.4, -0.2) is 10.1 Å². The van der Waals surface area contributed by atoms with Crippen molar-refractivity contribution in [3.05, 3.63) is 77.4 Å². The molecule has 124 valence electrons. The molecule has 0 aliphatic heterocycles. The summed E-state index contributed by atoms with van der Waals surface area (Å²) < 4.78 is 0. The first-order valence-corrected chi connectivity index (χ1v) is 8.41. The van der Waals surface area contributed by atoms with E-state index in [1.54, 1.807) is 0 Å². The molecule has 0 radical (unpaired) electrons. The molecule has 0 atom stereocenters. The van der Waals surface area contributed by atoms with Gasteiger partial charge in [0.15, 0.2) is 0 Å². The Hall–Kier alpha value is -2.91. The number of aliphatic hydroxyl groups is 1. The molecule has 3 heteroatoms. The molecule has 0 fully saturated rings. The number of aryl methyl sites for hydroxylation is 2. The molecule has 2 N–H and O–H groups in total. The van der Waals surface area contributed by atoms with Crippen LogP contribution in [0, 0.1) is 13.8 Å². The van der Waals surface area contributed by atoms with E-state index in [0.29, 0.717) is 0 Å². The van der Waals surface area contributed by atoms with Crippen molar-refractivity contribution in [1.29, 1.82) is 0 Å². The van der Waals surface area contributed by atoms with E-state index < -0.39 is 0 Å². The fraction of sp³-hybridized carbons (Fsp3) is 0.136. The average molecular weight is 328 g/mol. The summed E-state index contributed by atoms with van der Waals surface area (Å²) in [6.07, 6.45) is 0. The maximum Gasteiger partial charge on any atom is 0.0733 e. The average Bonchev–Trinajstić information content (AvgIpc) is 2.62. The topological polar surface area (TPSA) is 45.1 Å². The zero-order valence-electron chi connectivity index (χ0n) is 14.4. The van der Waals surface area contributed by atoms with Gasteiger partial charge in [-0.1, -0.05) is 35.9 Å². The first-order chi connectivity index (χ1) is 12.1. The maximum atomic E-state index is 9.40. The van der Waals surface area contributed by atoms with Crippen LogP contribution in [0.15, 0.2) is 60.7 Å². The highest BCUT2D eigenvalue weighted by Crippen LogP contribution is 2.34. The van der Waals surface area contributed by atoms with Crippen LogP contribution in [0.25, 0.3) is 21.8 Å². The highest BCUT2D eigenvalue weighted by atomic mass is 16.3. The van der Waals surface area contributed by atoms with Crippen molar-refractivity contribution in [3.8, 4) is 0 Å². The van der Waals surface area contributed by atoms with E-state index in [-0.39, 0.29) is 6.61 Å². The zero-order chi connectivity index (χ0) is 17.4. The van der Waals surface area contributed by atoms with Crippen LogP contribution in [0.5, 0.6) is 0 Å². The van der Waals surface area contributed by atoms with Gasteiger partial charge in [0.1, 0.15) is 0 Å². The number of rotatable bonds is 3. The van der Waals surface area contributed by atoms with Gasteiger partial charge >= 0.3 is 0 Å². The van der Waals surface area contributed by atoms with Crippen molar-refractivity contribution >= 4 is 33.2 Å². The summed E-state index contributed by atoms with van der Waals surface area (Å²) in [5, 5.41) is 15.2. The monoisotopic (exact) mass is 328 g/mol. The Kier molecular flexibility index (Phi) is 3.86. The Morgan fingerprint density at radius 1 is 0.840 bits per heavy atom. The first-order valence-electron chi connectivity index (χ1n) is 8.41. The highest BCUT2D eigenvalue weighted by Gasteiger charge is 2.10. The minimum Gasteiger partial charge on any atom is -0.392 e. The number of pyridine rings is 1. The molecule has 0 spiro atoms. The molecule has 0 aliphatic rings. The second-order valence-corrected chi connectivity index (χ2v) is 6.51. The Balaban J connectivity index is 1.98. The van der Waals surface area contributed by atoms with Gasteiger partial charge in [-0.25, -0.2) is 4.98 Å². The maximum absolute atomic E-state index is 9.40. The van der Waals surface area contributed by atoms with Crippen molar-refractivity contribution in [2.24, 2.45) is 0 Å². The minimum absolute atomic E-state index is 0.0334. The second-order valence-electron chi connectivity index (χ2n) is 6.51. The molecule has 25 heavy (non-hydrogen) atoms. The number of aromatic nitrogens is 1. The molecule has 1 heterocycles. The molecule has 0 aliphatic carbocycles. The van der Waals surface area contributed by atoms with Gasteiger partial charge in [0.2, 0.25) is 0 Å². The Labute approximate surface area is 147 Å². The van der Waals surface area contributed by atoms with Crippen molar-refractivity contribution in [2.45, 2.75) is 20.5 Å². The third kappa shape index (κ3) is 2.94. The van der Waals surface area contributed by atoms with Crippen LogP contribution >= 0.6 is 0 Å². The summed E-state index contributed by atoms with van der Waals surface area (Å²) in [5.41, 5.74) is 7.26. The van der Waals surface area contributed by atoms with Crippen LogP contribution in [0.2, 0.25) is 0 Å². The Morgan fingerprint density at radius 3 is 2.48 bits per heavy atom. The second kappa shape index (κ2) is 6.19. The molecule has 3 aromatic carbocycles. The lowest BCUT2D eigenvalue weighted by molar-refractivity contribution is 0.282. The predicted octanol–water partition coefficient (Wildman–Crippen LogP) is 5.24. The number of anilines is 2. The van der Waals surface area contributed by atoms with E-state index in [0.717, 1.165) is 38.7 Å². The standard InChI is InChI=1S/C22H20N2O/c1-14-7-9-20-19(10-14)22(18-8-6-15(2)11-21(18)24-20)23-17-5-3-4-16(12-17)13-25/h3-12,25H,13H2,1-2H3,(H,23,24). The zero-order valence-corrected chi connectivity index (χ0v) is 14.4. The summed E-state index contributed by atoms with van der Waals surface area (Å²) in [6.45, 7) is 4.21. The van der Waals surface area contributed by atoms with Gasteiger partial charge in [0.25, 0.3) is 0 Å². The Bertz CT molecular complexity index is 1090. The number of nitrogens with one attached hydrogen (secondary N) is 1. The third-order valence-electron chi connectivity index (χ3n) is 4.46. The van der Waals surface area contributed by atoms with Gasteiger partial charge in [-0.2, -0.15) is 0 Å². The number of hydrogen-bond donors (Lipinski definition) is 2. The number of hydrogen-bond acceptors (Lipinski definition) is 3. The van der Waals surface area contributed by atoms with Crippen molar-refractivity contribution < 1.29 is 5.11 Å². The molecule has 1 aromatic heterocycles. The van der Waals surface area contributed by atoms with Crippen LogP contribution < -0.4 is 5.32 Å². The lowest BCUT2D eigenvalue weighted by Crippen LogP contribution is -1.97. The van der Waals surface area contributed by atoms with E-state index in [2.05, 4.69) is 55.6 Å². The normalized spacial score (nSPS) is 11.2. The molecule has 3 nitrogen and oxygen atoms in total. The number of nitrogens with zero attached hydrogens (tertiary/aromatic N) is 1. The largest absolute Gasteiger partial charge is 0.392 e. The summed E-state index contributed by atoms with van der Waals surface area (Å²) >= 11 is 0. The molecule has 0 saturated heterocycles. The quantitative estimate of drug-likeness (QED) is 0.505. The molecule has 4 rings (SSSR count). The van der Waals surface area contributed by atoms with Crippen LogP contribution in [0.4, 0.5) is 11.4 Å². The highest BCUT2D eigenvalue weighted by molar-refractivity contribution is 6.09. The number of benzene rings is 3. The van der Waals surface area contributed by atoms with Gasteiger partial charge in [0, 0.05) is 16.5 Å². The van der Waals surface area contributed by atoms with Gasteiger partial charge < -0.3 is 10.4 Å². The Morgan fingerprint density at radius 2 is 1.64 bits per heavy atom. The lowest BCUT2D eigenvalue weighted by Gasteiger charge is -2.15. The van der Waals surface area contributed by atoms with Gasteiger partial charge in [-0.15, -0.1) is 0 Å². The summed E-state index contributed by atoms with van der Waals surface area (Å²) in [6, 6.07) is 20.5. The SMILES string of the molecule is Cc1ccc2c(Nc3cccc(CO)c3)c3cc(C)ccc3nc2c1. The molecule has 0 saturated carbocycles. The molecular weight excluding hydrogens is 308 g/mol. The molecule has 0 unspecified atom stereocenters.